The summed E-state index contributed by atoms with van der Waals surface area (Å²) in [4.78, 5) is -0.254. The predicted molar refractivity (Wildman–Crippen MR) is 119 cm³/mol. The summed E-state index contributed by atoms with van der Waals surface area (Å²) in [5.41, 5.74) is 10.6. The van der Waals surface area contributed by atoms with E-state index in [0.717, 1.165) is 11.1 Å². The highest BCUT2D eigenvalue weighted by Crippen LogP contribution is 2.36. The fourth-order valence-electron chi connectivity index (χ4n) is 3.30. The zero-order chi connectivity index (χ0) is 21.3. The van der Waals surface area contributed by atoms with Crippen LogP contribution in [0.3, 0.4) is 0 Å². The number of benzene rings is 4. The van der Waals surface area contributed by atoms with E-state index in [1.54, 1.807) is 24.3 Å². The van der Waals surface area contributed by atoms with Crippen molar-refractivity contribution in [3.63, 3.8) is 0 Å². The molecule has 4 aromatic carbocycles. The minimum absolute atomic E-state index is 0.170. The summed E-state index contributed by atoms with van der Waals surface area (Å²) in [6.07, 6.45) is 0. The number of azo groups is 1. The second-order valence-electron chi connectivity index (χ2n) is 6.94. The van der Waals surface area contributed by atoms with Crippen molar-refractivity contribution in [3.05, 3.63) is 84.4 Å². The summed E-state index contributed by atoms with van der Waals surface area (Å²) in [5.74, 6) is 0. The molecule has 0 saturated carbocycles. The van der Waals surface area contributed by atoms with Crippen molar-refractivity contribution in [1.82, 2.24) is 0 Å². The maximum atomic E-state index is 11.8. The van der Waals surface area contributed by atoms with Crippen LogP contribution in [0.2, 0.25) is 0 Å². The molecule has 0 aliphatic rings. The van der Waals surface area contributed by atoms with Crippen molar-refractivity contribution in [3.8, 4) is 11.1 Å². The molecule has 4 rings (SSSR count). The van der Waals surface area contributed by atoms with Gasteiger partial charge in [0, 0.05) is 10.8 Å². The molecule has 0 atom stereocenters. The van der Waals surface area contributed by atoms with Gasteiger partial charge >= 0.3 is 0 Å². The quantitative estimate of drug-likeness (QED) is 0.239. The molecule has 0 spiro atoms. The summed E-state index contributed by atoms with van der Waals surface area (Å²) in [6, 6.07) is 23.6. The van der Waals surface area contributed by atoms with E-state index in [9.17, 15) is 13.0 Å². The van der Waals surface area contributed by atoms with E-state index in [1.807, 2.05) is 49.4 Å². The SMILES string of the molecule is Cc1cccc(-c2ccc(N=Nc3cc(S(=O)(=O)O)c4ccccc4c3N)cc2)c1. The third-order valence-electron chi connectivity index (χ3n) is 4.80. The summed E-state index contributed by atoms with van der Waals surface area (Å²) in [6.45, 7) is 2.04. The molecular formula is C23H19N3O3S. The maximum Gasteiger partial charge on any atom is 0.295 e. The summed E-state index contributed by atoms with van der Waals surface area (Å²) >= 11 is 0. The topological polar surface area (TPSA) is 105 Å². The molecule has 0 saturated heterocycles. The zero-order valence-electron chi connectivity index (χ0n) is 16.1. The monoisotopic (exact) mass is 417 g/mol. The van der Waals surface area contributed by atoms with Crippen LogP contribution in [0.25, 0.3) is 21.9 Å². The van der Waals surface area contributed by atoms with Crippen molar-refractivity contribution in [1.29, 1.82) is 0 Å². The van der Waals surface area contributed by atoms with Crippen LogP contribution in [0.1, 0.15) is 5.56 Å². The highest BCUT2D eigenvalue weighted by Gasteiger charge is 2.18. The number of aryl methyl sites for hydroxylation is 1. The van der Waals surface area contributed by atoms with Gasteiger partial charge in [0.05, 0.1) is 11.4 Å². The molecule has 0 radical (unpaired) electrons. The van der Waals surface area contributed by atoms with E-state index in [1.165, 1.54) is 11.6 Å². The molecule has 0 unspecified atom stereocenters. The van der Waals surface area contributed by atoms with E-state index < -0.39 is 10.1 Å². The van der Waals surface area contributed by atoms with Gasteiger partial charge in [-0.2, -0.15) is 13.5 Å². The van der Waals surface area contributed by atoms with Gasteiger partial charge in [0.1, 0.15) is 10.6 Å². The molecule has 0 heterocycles. The first-order valence-corrected chi connectivity index (χ1v) is 10.6. The van der Waals surface area contributed by atoms with Gasteiger partial charge in [-0.25, -0.2) is 0 Å². The molecule has 0 aliphatic heterocycles. The third-order valence-corrected chi connectivity index (χ3v) is 5.69. The van der Waals surface area contributed by atoms with Crippen LogP contribution in [-0.2, 0) is 10.1 Å². The molecule has 0 amide bonds. The lowest BCUT2D eigenvalue weighted by Crippen LogP contribution is -2.01. The second-order valence-corrected chi connectivity index (χ2v) is 8.33. The molecule has 30 heavy (non-hydrogen) atoms. The lowest BCUT2D eigenvalue weighted by molar-refractivity contribution is 0.484. The lowest BCUT2D eigenvalue weighted by atomic mass is 10.0. The molecule has 0 aliphatic carbocycles. The van der Waals surface area contributed by atoms with E-state index in [2.05, 4.69) is 16.3 Å². The molecule has 7 heteroatoms. The summed E-state index contributed by atoms with van der Waals surface area (Å²) in [5, 5.41) is 9.14. The fraction of sp³-hybridized carbons (Fsp3) is 0.0435. The number of nitrogen functional groups attached to an aromatic ring is 1. The number of rotatable bonds is 4. The van der Waals surface area contributed by atoms with Gasteiger partial charge in [-0.05, 0) is 36.2 Å². The standard InChI is InChI=1S/C23H19N3O3S/c1-15-5-4-6-17(13-15)16-9-11-18(12-10-16)25-26-21-14-22(30(27,28)29)19-7-2-3-8-20(19)23(21)24/h2-14H,24H2,1H3,(H,27,28,29). The van der Waals surface area contributed by atoms with Gasteiger partial charge < -0.3 is 5.73 Å². The molecule has 0 bridgehead atoms. The lowest BCUT2D eigenvalue weighted by Gasteiger charge is -2.09. The average molecular weight is 417 g/mol. The van der Waals surface area contributed by atoms with Gasteiger partial charge in [0.15, 0.2) is 0 Å². The van der Waals surface area contributed by atoms with E-state index in [0.29, 0.717) is 16.5 Å². The minimum atomic E-state index is -4.45. The molecule has 0 aromatic heterocycles. The predicted octanol–water partition coefficient (Wildman–Crippen LogP) is 6.06. The van der Waals surface area contributed by atoms with Crippen LogP contribution in [0.15, 0.2) is 94.0 Å². The van der Waals surface area contributed by atoms with Crippen LogP contribution < -0.4 is 5.73 Å². The largest absolute Gasteiger partial charge is 0.396 e. The number of anilines is 1. The Labute approximate surface area is 174 Å². The Bertz CT molecular complexity index is 1380. The normalized spacial score (nSPS) is 11.9. The zero-order valence-corrected chi connectivity index (χ0v) is 17.0. The molecular weight excluding hydrogens is 398 g/mol. The van der Waals surface area contributed by atoms with E-state index in [4.69, 9.17) is 5.73 Å². The van der Waals surface area contributed by atoms with Crippen LogP contribution in [-0.4, -0.2) is 13.0 Å². The molecule has 6 nitrogen and oxygen atoms in total. The van der Waals surface area contributed by atoms with Crippen LogP contribution in [0.5, 0.6) is 0 Å². The molecule has 4 aromatic rings. The smallest absolute Gasteiger partial charge is 0.295 e. The van der Waals surface area contributed by atoms with Crippen LogP contribution >= 0.6 is 0 Å². The number of nitrogens with two attached hydrogens (primary N) is 1. The van der Waals surface area contributed by atoms with Gasteiger partial charge in [-0.15, -0.1) is 5.11 Å². The Morgan fingerprint density at radius 2 is 1.50 bits per heavy atom. The van der Waals surface area contributed by atoms with Gasteiger partial charge in [-0.3, -0.25) is 4.55 Å². The number of fused-ring (bicyclic) bond motifs is 1. The van der Waals surface area contributed by atoms with E-state index >= 15 is 0 Å². The van der Waals surface area contributed by atoms with Crippen molar-refractivity contribution < 1.29 is 13.0 Å². The molecule has 3 N–H and O–H groups in total. The van der Waals surface area contributed by atoms with Crippen LogP contribution in [0.4, 0.5) is 17.1 Å². The Hall–Kier alpha value is -3.55. The Morgan fingerprint density at radius 3 is 2.17 bits per heavy atom. The summed E-state index contributed by atoms with van der Waals surface area (Å²) < 4.78 is 33.3. The first kappa shape index (κ1) is 19.8. The highest BCUT2D eigenvalue weighted by atomic mass is 32.2. The maximum absolute atomic E-state index is 11.8. The minimum Gasteiger partial charge on any atom is -0.396 e. The van der Waals surface area contributed by atoms with Crippen LogP contribution in [0, 0.1) is 6.92 Å². The van der Waals surface area contributed by atoms with Crippen molar-refractivity contribution in [2.75, 3.05) is 5.73 Å². The molecule has 150 valence electrons. The number of nitrogens with zero attached hydrogens (tertiary/aromatic N) is 2. The first-order chi connectivity index (χ1) is 14.3. The van der Waals surface area contributed by atoms with Gasteiger partial charge in [-0.1, -0.05) is 66.2 Å². The van der Waals surface area contributed by atoms with Gasteiger partial charge in [0.25, 0.3) is 10.1 Å². The van der Waals surface area contributed by atoms with Crippen molar-refractivity contribution in [2.24, 2.45) is 10.2 Å². The first-order valence-electron chi connectivity index (χ1n) is 9.20. The molecule has 0 fully saturated rings. The van der Waals surface area contributed by atoms with E-state index in [-0.39, 0.29) is 16.3 Å². The van der Waals surface area contributed by atoms with Crippen molar-refractivity contribution >= 4 is 38.0 Å². The van der Waals surface area contributed by atoms with Gasteiger partial charge in [0.2, 0.25) is 0 Å². The Morgan fingerprint density at radius 1 is 0.800 bits per heavy atom. The Balaban J connectivity index is 1.71. The van der Waals surface area contributed by atoms with Crippen molar-refractivity contribution in [2.45, 2.75) is 11.8 Å². The third kappa shape index (κ3) is 3.94. The summed E-state index contributed by atoms with van der Waals surface area (Å²) in [7, 11) is -4.45. The Kier molecular flexibility index (Phi) is 5.07. The average Bonchev–Trinajstić information content (AvgIpc) is 2.73. The second kappa shape index (κ2) is 7.70. The fourth-order valence-corrected chi connectivity index (χ4v) is 4.02. The number of hydrogen-bond donors (Lipinski definition) is 2. The number of hydrogen-bond acceptors (Lipinski definition) is 5. The highest BCUT2D eigenvalue weighted by molar-refractivity contribution is 7.86.